The van der Waals surface area contributed by atoms with Crippen LogP contribution in [0.5, 0.6) is 0 Å². The van der Waals surface area contributed by atoms with Crippen molar-refractivity contribution in [2.24, 2.45) is 0 Å². The summed E-state index contributed by atoms with van der Waals surface area (Å²) in [6.07, 6.45) is 1.81. The fourth-order valence-corrected chi connectivity index (χ4v) is 2.22. The molecule has 0 spiro atoms. The van der Waals surface area contributed by atoms with Crippen molar-refractivity contribution in [2.75, 3.05) is 29.9 Å². The van der Waals surface area contributed by atoms with Gasteiger partial charge in [-0.25, -0.2) is 4.39 Å². The van der Waals surface area contributed by atoms with Crippen LogP contribution >= 0.6 is 0 Å². The second-order valence-electron chi connectivity index (χ2n) is 4.70. The molecule has 1 amide bonds. The Kier molecular flexibility index (Phi) is 4.34. The fraction of sp³-hybridized carbons (Fsp3) is 0.429. The highest BCUT2D eigenvalue weighted by atomic mass is 19.1. The van der Waals surface area contributed by atoms with Crippen molar-refractivity contribution in [1.82, 2.24) is 0 Å². The summed E-state index contributed by atoms with van der Waals surface area (Å²) in [7, 11) is 0. The van der Waals surface area contributed by atoms with Gasteiger partial charge in [-0.1, -0.05) is 13.3 Å². The Morgan fingerprint density at radius 1 is 1.30 bits per heavy atom. The molecule has 0 saturated carbocycles. The first-order valence-corrected chi connectivity index (χ1v) is 6.63. The lowest BCUT2D eigenvalue weighted by Crippen LogP contribution is -2.28. The van der Waals surface area contributed by atoms with Crippen LogP contribution in [-0.4, -0.2) is 36.5 Å². The molecule has 1 aliphatic rings. The van der Waals surface area contributed by atoms with Crippen LogP contribution in [0.3, 0.4) is 0 Å². The number of benzene rings is 1. The second kappa shape index (κ2) is 6.00. The number of aliphatic hydroxyl groups excluding tert-OH is 1. The Morgan fingerprint density at radius 2 is 2.05 bits per heavy atom. The van der Waals surface area contributed by atoms with Gasteiger partial charge in [-0.2, -0.15) is 0 Å². The molecule has 0 fully saturated rings. The Labute approximate surface area is 116 Å². The van der Waals surface area contributed by atoms with Crippen LogP contribution in [0.1, 0.15) is 30.1 Å². The van der Waals surface area contributed by atoms with Crippen LogP contribution in [0.4, 0.5) is 15.8 Å². The lowest BCUT2D eigenvalue weighted by atomic mass is 10.1. The first-order valence-electron chi connectivity index (χ1n) is 6.63. The van der Waals surface area contributed by atoms with Gasteiger partial charge in [0.25, 0.3) is 11.7 Å². The third kappa shape index (κ3) is 2.65. The van der Waals surface area contributed by atoms with E-state index in [1.54, 1.807) is 4.90 Å². The maximum absolute atomic E-state index is 14.1. The number of hydrogen-bond acceptors (Lipinski definition) is 4. The molecule has 0 unspecified atom stereocenters. The summed E-state index contributed by atoms with van der Waals surface area (Å²) in [5, 5.41) is 11.5. The Hall–Kier alpha value is -1.95. The van der Waals surface area contributed by atoms with Gasteiger partial charge >= 0.3 is 0 Å². The molecular weight excluding hydrogens is 263 g/mol. The number of rotatable bonds is 6. The number of fused-ring (bicyclic) bond motifs is 1. The van der Waals surface area contributed by atoms with E-state index in [0.717, 1.165) is 18.9 Å². The lowest BCUT2D eigenvalue weighted by Gasteiger charge is -2.24. The average molecular weight is 280 g/mol. The van der Waals surface area contributed by atoms with Crippen LogP contribution in [0.2, 0.25) is 0 Å². The molecule has 1 aliphatic heterocycles. The number of Topliss-reactive ketones (excluding diaryl/α,β-unsaturated/α-hetero) is 1. The number of halogens is 1. The zero-order chi connectivity index (χ0) is 14.7. The van der Waals surface area contributed by atoms with Gasteiger partial charge in [-0.15, -0.1) is 0 Å². The third-order valence-corrected chi connectivity index (χ3v) is 3.28. The molecule has 0 bridgehead atoms. The van der Waals surface area contributed by atoms with Gasteiger partial charge in [-0.3, -0.25) is 9.59 Å². The number of unbranched alkanes of at least 4 members (excludes halogenated alkanes) is 1. The average Bonchev–Trinajstić information content (AvgIpc) is 2.70. The second-order valence-corrected chi connectivity index (χ2v) is 4.70. The number of hydrogen-bond donors (Lipinski definition) is 2. The fourth-order valence-electron chi connectivity index (χ4n) is 2.22. The zero-order valence-electron chi connectivity index (χ0n) is 11.3. The van der Waals surface area contributed by atoms with Crippen molar-refractivity contribution in [3.05, 3.63) is 23.5 Å². The van der Waals surface area contributed by atoms with Gasteiger partial charge in [0, 0.05) is 13.1 Å². The van der Waals surface area contributed by atoms with E-state index >= 15 is 0 Å². The summed E-state index contributed by atoms with van der Waals surface area (Å²) in [5.74, 6) is -2.01. The van der Waals surface area contributed by atoms with Gasteiger partial charge in [0.1, 0.15) is 5.82 Å². The largest absolute Gasteiger partial charge is 0.395 e. The maximum atomic E-state index is 14.1. The van der Waals surface area contributed by atoms with E-state index in [1.165, 1.54) is 6.07 Å². The molecule has 0 saturated heterocycles. The molecule has 108 valence electrons. The summed E-state index contributed by atoms with van der Waals surface area (Å²) in [5.41, 5.74) is 0.688. The number of anilines is 2. The number of ketones is 1. The highest BCUT2D eigenvalue weighted by Crippen LogP contribution is 2.31. The summed E-state index contributed by atoms with van der Waals surface area (Å²) >= 11 is 0. The monoisotopic (exact) mass is 280 g/mol. The van der Waals surface area contributed by atoms with Gasteiger partial charge < -0.3 is 15.3 Å². The van der Waals surface area contributed by atoms with Crippen molar-refractivity contribution in [3.63, 3.8) is 0 Å². The predicted octanol–water partition coefficient (Wildman–Crippen LogP) is 1.56. The highest BCUT2D eigenvalue weighted by Gasteiger charge is 2.30. The number of carbonyl (C=O) groups excluding carboxylic acids is 2. The van der Waals surface area contributed by atoms with Gasteiger partial charge in [0.05, 0.1) is 23.5 Å². The summed E-state index contributed by atoms with van der Waals surface area (Å²) in [6, 6.07) is 2.54. The Morgan fingerprint density at radius 3 is 2.70 bits per heavy atom. The molecule has 2 rings (SSSR count). The minimum Gasteiger partial charge on any atom is -0.395 e. The van der Waals surface area contributed by atoms with Crippen LogP contribution in [-0.2, 0) is 4.79 Å². The van der Waals surface area contributed by atoms with Crippen LogP contribution in [0, 0.1) is 5.82 Å². The number of aliphatic hydroxyl groups is 1. The van der Waals surface area contributed by atoms with Crippen molar-refractivity contribution in [3.8, 4) is 0 Å². The third-order valence-electron chi connectivity index (χ3n) is 3.28. The van der Waals surface area contributed by atoms with E-state index in [2.05, 4.69) is 5.32 Å². The minimum atomic E-state index is -0.737. The smallest absolute Gasteiger partial charge is 0.296 e. The van der Waals surface area contributed by atoms with Crippen molar-refractivity contribution in [1.29, 1.82) is 0 Å². The molecule has 6 heteroatoms. The van der Waals surface area contributed by atoms with Gasteiger partial charge in [0.2, 0.25) is 0 Å². The van der Waals surface area contributed by atoms with E-state index in [4.69, 9.17) is 5.11 Å². The molecule has 1 aromatic carbocycles. The van der Waals surface area contributed by atoms with Crippen molar-refractivity contribution in [2.45, 2.75) is 19.8 Å². The number of nitrogens with one attached hydrogen (secondary N) is 1. The molecule has 0 aromatic heterocycles. The van der Waals surface area contributed by atoms with Crippen molar-refractivity contribution < 1.29 is 19.1 Å². The molecule has 1 aromatic rings. The predicted molar refractivity (Wildman–Crippen MR) is 73.6 cm³/mol. The molecule has 20 heavy (non-hydrogen) atoms. The van der Waals surface area contributed by atoms with E-state index in [-0.39, 0.29) is 12.2 Å². The standard InChI is InChI=1S/C14H17FN2O3/c1-2-3-4-17(5-6-18)12-8-11-9(7-10(12)15)13(19)14(20)16-11/h7-8,18H,2-6H2,1H3,(H,16,19,20). The summed E-state index contributed by atoms with van der Waals surface area (Å²) in [4.78, 5) is 24.5. The molecule has 0 aliphatic carbocycles. The van der Waals surface area contributed by atoms with Crippen molar-refractivity contribution >= 4 is 23.1 Å². The normalized spacial score (nSPS) is 13.3. The number of amides is 1. The molecule has 1 heterocycles. The van der Waals surface area contributed by atoms with E-state index in [9.17, 15) is 14.0 Å². The van der Waals surface area contributed by atoms with E-state index in [0.29, 0.717) is 24.5 Å². The van der Waals surface area contributed by atoms with Gasteiger partial charge in [0.15, 0.2) is 0 Å². The quantitative estimate of drug-likeness (QED) is 0.776. The maximum Gasteiger partial charge on any atom is 0.296 e. The molecule has 5 nitrogen and oxygen atoms in total. The number of nitrogens with zero attached hydrogens (tertiary/aromatic N) is 1. The van der Waals surface area contributed by atoms with E-state index in [1.807, 2.05) is 6.92 Å². The SMILES string of the molecule is CCCCN(CCO)c1cc2c(cc1F)C(=O)C(=O)N2. The topological polar surface area (TPSA) is 69.6 Å². The van der Waals surface area contributed by atoms with Gasteiger partial charge in [-0.05, 0) is 18.6 Å². The lowest BCUT2D eigenvalue weighted by molar-refractivity contribution is -0.112. The van der Waals surface area contributed by atoms with Crippen LogP contribution < -0.4 is 10.2 Å². The minimum absolute atomic E-state index is 0.0655. The molecule has 2 N–H and O–H groups in total. The summed E-state index contributed by atoms with van der Waals surface area (Å²) < 4.78 is 14.1. The first-order chi connectivity index (χ1) is 9.58. The highest BCUT2D eigenvalue weighted by molar-refractivity contribution is 6.51. The summed E-state index contributed by atoms with van der Waals surface area (Å²) in [6.45, 7) is 2.84. The van der Waals surface area contributed by atoms with Crippen LogP contribution in [0.25, 0.3) is 0 Å². The zero-order valence-corrected chi connectivity index (χ0v) is 11.3. The first kappa shape index (κ1) is 14.5. The van der Waals surface area contributed by atoms with Crippen LogP contribution in [0.15, 0.2) is 12.1 Å². The molecular formula is C14H17FN2O3. The number of carbonyl (C=O) groups is 2. The Bertz CT molecular complexity index is 545. The Balaban J connectivity index is 2.34. The molecule has 0 radical (unpaired) electrons. The van der Waals surface area contributed by atoms with E-state index < -0.39 is 17.5 Å². The molecule has 0 atom stereocenters.